The zero-order valence-corrected chi connectivity index (χ0v) is 20.4. The minimum Gasteiger partial charge on any atom is -0.494 e. The second-order valence-corrected chi connectivity index (χ2v) is 8.99. The summed E-state index contributed by atoms with van der Waals surface area (Å²) in [6.45, 7) is 7.53. The summed E-state index contributed by atoms with van der Waals surface area (Å²) in [6.07, 6.45) is 13.4. The fourth-order valence-electron chi connectivity index (χ4n) is 3.85. The normalized spacial score (nSPS) is 11.6. The number of rotatable bonds is 14. The lowest BCUT2D eigenvalue weighted by Gasteiger charge is -2.11. The van der Waals surface area contributed by atoms with Gasteiger partial charge in [0.05, 0.1) is 12.2 Å². The van der Waals surface area contributed by atoms with E-state index in [1.807, 2.05) is 30.3 Å². The molecule has 0 radical (unpaired) electrons. The first kappa shape index (κ1) is 26.0. The summed E-state index contributed by atoms with van der Waals surface area (Å²) in [7, 11) is 0. The highest BCUT2D eigenvalue weighted by Crippen LogP contribution is 2.17. The quantitative estimate of drug-likeness (QED) is 0.212. The third-order valence-corrected chi connectivity index (χ3v) is 5.96. The zero-order chi connectivity index (χ0) is 23.0. The van der Waals surface area contributed by atoms with E-state index in [9.17, 15) is 4.39 Å². The van der Waals surface area contributed by atoms with Gasteiger partial charge in [-0.3, -0.25) is 0 Å². The van der Waals surface area contributed by atoms with Crippen molar-refractivity contribution in [3.63, 3.8) is 0 Å². The van der Waals surface area contributed by atoms with Gasteiger partial charge in [0.15, 0.2) is 0 Å². The summed E-state index contributed by atoms with van der Waals surface area (Å²) in [5.41, 5.74) is 2.37. The first-order chi connectivity index (χ1) is 15.6. The standard InChI is InChI=1S/C30H41FO/c1-4-6-8-10-12-25(3)13-11-23-32-29-21-17-26(18-22-29)15-19-28-20-16-27(24-30(28)31)14-9-7-5-2/h16-18,20-22,24-25H,4-14,23H2,1-3H3. The van der Waals surface area contributed by atoms with E-state index < -0.39 is 0 Å². The SMILES string of the molecule is CCCCCCC(C)CCCOc1ccc(C#Cc2ccc(CCCCC)cc2F)cc1. The molecule has 0 saturated heterocycles. The molecule has 2 aromatic rings. The molecule has 0 aliphatic carbocycles. The van der Waals surface area contributed by atoms with Crippen LogP contribution in [0, 0.1) is 23.6 Å². The fourth-order valence-corrected chi connectivity index (χ4v) is 3.85. The van der Waals surface area contributed by atoms with E-state index in [0.29, 0.717) is 5.56 Å². The second-order valence-electron chi connectivity index (χ2n) is 8.99. The van der Waals surface area contributed by atoms with Crippen molar-refractivity contribution >= 4 is 0 Å². The van der Waals surface area contributed by atoms with Gasteiger partial charge in [-0.25, -0.2) is 4.39 Å². The molecule has 0 aliphatic heterocycles. The van der Waals surface area contributed by atoms with Crippen LogP contribution in [0.2, 0.25) is 0 Å². The monoisotopic (exact) mass is 436 g/mol. The van der Waals surface area contributed by atoms with E-state index in [1.54, 1.807) is 12.1 Å². The number of hydrogen-bond donors (Lipinski definition) is 0. The Morgan fingerprint density at radius 1 is 0.812 bits per heavy atom. The van der Waals surface area contributed by atoms with Crippen LogP contribution in [0.5, 0.6) is 5.75 Å². The largest absolute Gasteiger partial charge is 0.494 e. The Morgan fingerprint density at radius 2 is 1.53 bits per heavy atom. The number of ether oxygens (including phenoxy) is 1. The molecule has 174 valence electrons. The maximum absolute atomic E-state index is 14.3. The molecular formula is C30H41FO. The van der Waals surface area contributed by atoms with Gasteiger partial charge >= 0.3 is 0 Å². The molecular weight excluding hydrogens is 395 g/mol. The summed E-state index contributed by atoms with van der Waals surface area (Å²) < 4.78 is 20.2. The van der Waals surface area contributed by atoms with E-state index in [2.05, 4.69) is 32.6 Å². The van der Waals surface area contributed by atoms with Crippen LogP contribution in [0.15, 0.2) is 42.5 Å². The van der Waals surface area contributed by atoms with Gasteiger partial charge in [0, 0.05) is 5.56 Å². The van der Waals surface area contributed by atoms with E-state index >= 15 is 0 Å². The lowest BCUT2D eigenvalue weighted by molar-refractivity contribution is 0.291. The van der Waals surface area contributed by atoms with Crippen molar-refractivity contribution in [1.82, 2.24) is 0 Å². The Hall–Kier alpha value is -2.27. The zero-order valence-electron chi connectivity index (χ0n) is 20.4. The molecule has 1 nitrogen and oxygen atoms in total. The summed E-state index contributed by atoms with van der Waals surface area (Å²) in [4.78, 5) is 0. The van der Waals surface area contributed by atoms with Crippen LogP contribution in [0.4, 0.5) is 4.39 Å². The lowest BCUT2D eigenvalue weighted by Crippen LogP contribution is -2.02. The average Bonchev–Trinajstić information content (AvgIpc) is 2.80. The molecule has 2 heteroatoms. The van der Waals surface area contributed by atoms with Crippen molar-refractivity contribution in [1.29, 1.82) is 0 Å². The van der Waals surface area contributed by atoms with Gasteiger partial charge < -0.3 is 4.74 Å². The Kier molecular flexibility index (Phi) is 12.6. The molecule has 2 aromatic carbocycles. The van der Waals surface area contributed by atoms with Gasteiger partial charge in [-0.05, 0) is 73.6 Å². The summed E-state index contributed by atoms with van der Waals surface area (Å²) in [5.74, 6) is 7.45. The molecule has 0 bridgehead atoms. The topological polar surface area (TPSA) is 9.23 Å². The lowest BCUT2D eigenvalue weighted by atomic mass is 9.98. The van der Waals surface area contributed by atoms with E-state index in [4.69, 9.17) is 4.74 Å². The number of unbranched alkanes of at least 4 members (excludes halogenated alkanes) is 5. The molecule has 0 saturated carbocycles. The van der Waals surface area contributed by atoms with Gasteiger partial charge in [-0.1, -0.05) is 83.6 Å². The molecule has 0 aliphatic rings. The van der Waals surface area contributed by atoms with Gasteiger partial charge in [0.1, 0.15) is 11.6 Å². The number of halogens is 1. The summed E-state index contributed by atoms with van der Waals surface area (Å²) in [6, 6.07) is 13.2. The van der Waals surface area contributed by atoms with Crippen molar-refractivity contribution < 1.29 is 9.13 Å². The Balaban J connectivity index is 1.75. The summed E-state index contributed by atoms with van der Waals surface area (Å²) in [5, 5.41) is 0. The molecule has 0 amide bonds. The molecule has 1 atom stereocenters. The van der Waals surface area contributed by atoms with E-state index in [1.165, 1.54) is 51.4 Å². The molecule has 0 aromatic heterocycles. The minimum absolute atomic E-state index is 0.231. The predicted octanol–water partition coefficient (Wildman–Crippen LogP) is 8.72. The summed E-state index contributed by atoms with van der Waals surface area (Å²) >= 11 is 0. The Labute approximate surface area is 195 Å². The number of hydrogen-bond acceptors (Lipinski definition) is 1. The van der Waals surface area contributed by atoms with Crippen molar-refractivity contribution in [2.24, 2.45) is 5.92 Å². The van der Waals surface area contributed by atoms with Crippen LogP contribution in [0.1, 0.15) is 102 Å². The van der Waals surface area contributed by atoms with Crippen LogP contribution in [0.25, 0.3) is 0 Å². The second kappa shape index (κ2) is 15.5. The Bertz CT molecular complexity index is 828. The van der Waals surface area contributed by atoms with Crippen LogP contribution in [-0.4, -0.2) is 6.61 Å². The van der Waals surface area contributed by atoms with Crippen molar-refractivity contribution in [3.05, 3.63) is 65.0 Å². The molecule has 0 fully saturated rings. The average molecular weight is 437 g/mol. The maximum atomic E-state index is 14.3. The molecule has 0 heterocycles. The first-order valence-electron chi connectivity index (χ1n) is 12.7. The van der Waals surface area contributed by atoms with Crippen molar-refractivity contribution in [2.45, 2.75) is 91.4 Å². The molecule has 0 N–H and O–H groups in total. The highest BCUT2D eigenvalue weighted by molar-refractivity contribution is 5.45. The maximum Gasteiger partial charge on any atom is 0.139 e. The predicted molar refractivity (Wildman–Crippen MR) is 135 cm³/mol. The molecule has 1 unspecified atom stereocenters. The van der Waals surface area contributed by atoms with Gasteiger partial charge in [0.25, 0.3) is 0 Å². The van der Waals surface area contributed by atoms with Crippen LogP contribution in [0.3, 0.4) is 0 Å². The highest BCUT2D eigenvalue weighted by Gasteiger charge is 2.03. The van der Waals surface area contributed by atoms with Gasteiger partial charge in [-0.2, -0.15) is 0 Å². The van der Waals surface area contributed by atoms with Crippen LogP contribution in [-0.2, 0) is 6.42 Å². The molecule has 2 rings (SSSR count). The van der Waals surface area contributed by atoms with Crippen LogP contribution < -0.4 is 4.74 Å². The van der Waals surface area contributed by atoms with Gasteiger partial charge in [0.2, 0.25) is 0 Å². The molecule has 0 spiro atoms. The first-order valence-corrected chi connectivity index (χ1v) is 12.7. The van der Waals surface area contributed by atoms with Crippen molar-refractivity contribution in [2.75, 3.05) is 6.61 Å². The fraction of sp³-hybridized carbons (Fsp3) is 0.533. The van der Waals surface area contributed by atoms with Crippen LogP contribution >= 0.6 is 0 Å². The number of aryl methyl sites for hydroxylation is 1. The Morgan fingerprint density at radius 3 is 2.25 bits per heavy atom. The number of benzene rings is 2. The minimum atomic E-state index is -0.231. The van der Waals surface area contributed by atoms with Crippen molar-refractivity contribution in [3.8, 4) is 17.6 Å². The van der Waals surface area contributed by atoms with Gasteiger partial charge in [-0.15, -0.1) is 0 Å². The van der Waals surface area contributed by atoms with E-state index in [0.717, 1.165) is 48.7 Å². The third-order valence-electron chi connectivity index (χ3n) is 5.96. The highest BCUT2D eigenvalue weighted by atomic mass is 19.1. The molecule has 32 heavy (non-hydrogen) atoms. The third kappa shape index (κ3) is 10.4. The van der Waals surface area contributed by atoms with E-state index in [-0.39, 0.29) is 5.82 Å². The smallest absolute Gasteiger partial charge is 0.139 e.